The molecule has 0 amide bonds. The van der Waals surface area contributed by atoms with Gasteiger partial charge in [0.1, 0.15) is 5.82 Å². The van der Waals surface area contributed by atoms with Crippen LogP contribution in [0.15, 0.2) is 24.5 Å². The molecule has 96 valence electrons. The van der Waals surface area contributed by atoms with E-state index in [0.29, 0.717) is 19.2 Å². The normalized spacial score (nSPS) is 24.7. The molecule has 18 heavy (non-hydrogen) atoms. The molecule has 0 bridgehead atoms. The topological polar surface area (TPSA) is 68.7 Å². The highest BCUT2D eigenvalue weighted by Gasteiger charge is 2.26. The van der Waals surface area contributed by atoms with Crippen molar-refractivity contribution in [1.82, 2.24) is 14.6 Å². The molecule has 0 aliphatic carbocycles. The predicted molar refractivity (Wildman–Crippen MR) is 68.6 cm³/mol. The van der Waals surface area contributed by atoms with Crippen LogP contribution in [0.3, 0.4) is 0 Å². The Morgan fingerprint density at radius 1 is 1.50 bits per heavy atom. The van der Waals surface area contributed by atoms with Crippen LogP contribution in [0, 0.1) is 0 Å². The predicted octanol–water partition coefficient (Wildman–Crippen LogP) is 0.282. The summed E-state index contributed by atoms with van der Waals surface area (Å²) in [5.74, 6) is 0.956. The van der Waals surface area contributed by atoms with Crippen molar-refractivity contribution >= 4 is 11.5 Å². The van der Waals surface area contributed by atoms with Gasteiger partial charge in [-0.25, -0.2) is 9.50 Å². The van der Waals surface area contributed by atoms with E-state index in [4.69, 9.17) is 10.5 Å². The van der Waals surface area contributed by atoms with E-state index in [-0.39, 0.29) is 6.10 Å². The van der Waals surface area contributed by atoms with Crippen molar-refractivity contribution in [1.29, 1.82) is 0 Å². The zero-order valence-corrected chi connectivity index (χ0v) is 10.4. The zero-order chi connectivity index (χ0) is 12.5. The van der Waals surface area contributed by atoms with Gasteiger partial charge in [-0.2, -0.15) is 5.10 Å². The quantitative estimate of drug-likeness (QED) is 0.825. The fourth-order valence-corrected chi connectivity index (χ4v) is 2.24. The maximum Gasteiger partial charge on any atom is 0.157 e. The Morgan fingerprint density at radius 3 is 3.22 bits per heavy atom. The minimum atomic E-state index is 0.0872. The van der Waals surface area contributed by atoms with Gasteiger partial charge < -0.3 is 15.4 Å². The number of ether oxygens (including phenoxy) is 1. The second-order valence-electron chi connectivity index (χ2n) is 4.61. The number of hydrogen-bond acceptors (Lipinski definition) is 5. The summed E-state index contributed by atoms with van der Waals surface area (Å²) in [4.78, 5) is 6.85. The van der Waals surface area contributed by atoms with Crippen LogP contribution in [0.2, 0.25) is 0 Å². The van der Waals surface area contributed by atoms with Crippen LogP contribution in [0.1, 0.15) is 6.92 Å². The van der Waals surface area contributed by atoms with Crippen LogP contribution in [0.4, 0.5) is 5.82 Å². The first kappa shape index (κ1) is 11.4. The standard InChI is InChI=1S/C12H17N5O/c1-9-8-18-10(6-13)7-16(9)11-3-5-17-12(15-11)2-4-14-17/h2-5,9-10H,6-8,13H2,1H3. The van der Waals surface area contributed by atoms with E-state index in [1.807, 2.05) is 18.3 Å². The summed E-state index contributed by atoms with van der Waals surface area (Å²) in [6, 6.07) is 4.19. The monoisotopic (exact) mass is 247 g/mol. The molecule has 0 spiro atoms. The SMILES string of the molecule is CC1COC(CN)CN1c1ccn2nccc2n1. The first-order valence-electron chi connectivity index (χ1n) is 6.16. The molecule has 1 saturated heterocycles. The molecule has 2 aromatic heterocycles. The highest BCUT2D eigenvalue weighted by Crippen LogP contribution is 2.19. The average molecular weight is 247 g/mol. The largest absolute Gasteiger partial charge is 0.373 e. The first-order chi connectivity index (χ1) is 8.78. The fraction of sp³-hybridized carbons (Fsp3) is 0.500. The lowest BCUT2D eigenvalue weighted by Crippen LogP contribution is -2.51. The number of nitrogens with two attached hydrogens (primary N) is 1. The summed E-state index contributed by atoms with van der Waals surface area (Å²) < 4.78 is 7.41. The van der Waals surface area contributed by atoms with Crippen LogP contribution in [0.5, 0.6) is 0 Å². The molecule has 1 aliphatic heterocycles. The lowest BCUT2D eigenvalue weighted by molar-refractivity contribution is 0.0280. The number of morpholine rings is 1. The summed E-state index contributed by atoms with van der Waals surface area (Å²) in [6.45, 7) is 4.15. The second-order valence-corrected chi connectivity index (χ2v) is 4.61. The summed E-state index contributed by atoms with van der Waals surface area (Å²) in [5, 5.41) is 4.15. The molecule has 0 radical (unpaired) electrons. The molecule has 2 atom stereocenters. The van der Waals surface area contributed by atoms with Crippen molar-refractivity contribution in [3.05, 3.63) is 24.5 Å². The van der Waals surface area contributed by atoms with Gasteiger partial charge in [-0.15, -0.1) is 0 Å². The van der Waals surface area contributed by atoms with Crippen LogP contribution < -0.4 is 10.6 Å². The van der Waals surface area contributed by atoms with Crippen molar-refractivity contribution in [2.24, 2.45) is 5.73 Å². The highest BCUT2D eigenvalue weighted by molar-refractivity contribution is 5.48. The Balaban J connectivity index is 1.91. The van der Waals surface area contributed by atoms with Crippen molar-refractivity contribution in [3.63, 3.8) is 0 Å². The van der Waals surface area contributed by atoms with Gasteiger partial charge in [0.25, 0.3) is 0 Å². The Hall–Kier alpha value is -1.66. The summed E-state index contributed by atoms with van der Waals surface area (Å²) in [7, 11) is 0. The second kappa shape index (κ2) is 4.55. The highest BCUT2D eigenvalue weighted by atomic mass is 16.5. The average Bonchev–Trinajstić information content (AvgIpc) is 2.86. The van der Waals surface area contributed by atoms with Gasteiger partial charge in [-0.1, -0.05) is 0 Å². The molecule has 0 saturated carbocycles. The van der Waals surface area contributed by atoms with Crippen molar-refractivity contribution in [3.8, 4) is 0 Å². The number of fused-ring (bicyclic) bond motifs is 1. The number of rotatable bonds is 2. The van der Waals surface area contributed by atoms with Crippen molar-refractivity contribution in [2.75, 3.05) is 24.6 Å². The van der Waals surface area contributed by atoms with E-state index in [2.05, 4.69) is 21.9 Å². The van der Waals surface area contributed by atoms with E-state index < -0.39 is 0 Å². The third kappa shape index (κ3) is 1.93. The maximum atomic E-state index is 5.68. The van der Waals surface area contributed by atoms with Crippen molar-refractivity contribution in [2.45, 2.75) is 19.1 Å². The van der Waals surface area contributed by atoms with Gasteiger partial charge in [0.05, 0.1) is 24.9 Å². The van der Waals surface area contributed by atoms with E-state index in [1.165, 1.54) is 0 Å². The molecule has 3 heterocycles. The van der Waals surface area contributed by atoms with Gasteiger partial charge in [0, 0.05) is 25.4 Å². The van der Waals surface area contributed by atoms with Gasteiger partial charge >= 0.3 is 0 Å². The molecule has 1 fully saturated rings. The van der Waals surface area contributed by atoms with Crippen LogP contribution in [0.25, 0.3) is 5.65 Å². The molecule has 0 aromatic carbocycles. The number of hydrogen-bond donors (Lipinski definition) is 1. The Bertz CT molecular complexity index is 540. The lowest BCUT2D eigenvalue weighted by atomic mass is 10.2. The third-order valence-corrected chi connectivity index (χ3v) is 3.31. The fourth-order valence-electron chi connectivity index (χ4n) is 2.24. The first-order valence-corrected chi connectivity index (χ1v) is 6.16. The number of aromatic nitrogens is 3. The summed E-state index contributed by atoms with van der Waals surface area (Å²) in [6.07, 6.45) is 3.76. The molecular formula is C12H17N5O. The molecule has 6 heteroatoms. The van der Waals surface area contributed by atoms with E-state index in [0.717, 1.165) is 18.0 Å². The Labute approximate surface area is 105 Å². The summed E-state index contributed by atoms with van der Waals surface area (Å²) >= 11 is 0. The maximum absolute atomic E-state index is 5.68. The molecule has 2 aromatic rings. The van der Waals surface area contributed by atoms with Crippen LogP contribution in [-0.4, -0.2) is 46.4 Å². The van der Waals surface area contributed by atoms with Crippen molar-refractivity contribution < 1.29 is 4.74 Å². The Morgan fingerprint density at radius 2 is 2.39 bits per heavy atom. The van der Waals surface area contributed by atoms with E-state index in [9.17, 15) is 0 Å². The van der Waals surface area contributed by atoms with Gasteiger partial charge in [-0.05, 0) is 13.0 Å². The minimum Gasteiger partial charge on any atom is -0.373 e. The molecule has 1 aliphatic rings. The molecule has 3 rings (SSSR count). The smallest absolute Gasteiger partial charge is 0.157 e. The number of anilines is 1. The number of nitrogens with zero attached hydrogens (tertiary/aromatic N) is 4. The van der Waals surface area contributed by atoms with E-state index in [1.54, 1.807) is 10.7 Å². The van der Waals surface area contributed by atoms with Gasteiger partial charge in [0.15, 0.2) is 5.65 Å². The molecular weight excluding hydrogens is 230 g/mol. The van der Waals surface area contributed by atoms with E-state index >= 15 is 0 Å². The van der Waals surface area contributed by atoms with Crippen LogP contribution >= 0.6 is 0 Å². The molecule has 6 nitrogen and oxygen atoms in total. The van der Waals surface area contributed by atoms with Crippen LogP contribution in [-0.2, 0) is 4.74 Å². The van der Waals surface area contributed by atoms with Gasteiger partial charge in [0.2, 0.25) is 0 Å². The minimum absolute atomic E-state index is 0.0872. The lowest BCUT2D eigenvalue weighted by Gasteiger charge is -2.38. The molecule has 2 unspecified atom stereocenters. The molecule has 2 N–H and O–H groups in total. The van der Waals surface area contributed by atoms with Gasteiger partial charge in [-0.3, -0.25) is 0 Å². The third-order valence-electron chi connectivity index (χ3n) is 3.31. The zero-order valence-electron chi connectivity index (χ0n) is 10.4. The Kier molecular flexibility index (Phi) is 2.89. The summed E-state index contributed by atoms with van der Waals surface area (Å²) in [5.41, 5.74) is 6.53.